The zero-order chi connectivity index (χ0) is 49.9. The van der Waals surface area contributed by atoms with E-state index in [4.69, 9.17) is 28.4 Å². The molecular weight excluding hydrogens is 897 g/mol. The first-order chi connectivity index (χ1) is 35.7. The van der Waals surface area contributed by atoms with E-state index in [-0.39, 0.29) is 0 Å². The van der Waals surface area contributed by atoms with Gasteiger partial charge in [0.2, 0.25) is 0 Å². The summed E-state index contributed by atoms with van der Waals surface area (Å²) in [4.78, 5) is 18.0. The molecule has 0 radical (unpaired) electrons. The van der Waals surface area contributed by atoms with E-state index in [1.165, 1.54) is 64.2 Å². The SMILES string of the molecule is CCCCCCCCOc1cnc(-c2ccc(OCCCCCCCOc3ccc(-c4ccc(OCCCCCCCOc5ccc(-c6ncc(OCCCCCCCC)cn6)cc5)cc4)cc3)cc2)nc1. The third-order valence-electron chi connectivity index (χ3n) is 12.7. The first-order valence-electron chi connectivity index (χ1n) is 27.5. The van der Waals surface area contributed by atoms with E-state index >= 15 is 0 Å². The largest absolute Gasteiger partial charge is 0.494 e. The molecule has 6 aromatic rings. The Bertz CT molecular complexity index is 2110. The van der Waals surface area contributed by atoms with Crippen molar-refractivity contribution in [3.05, 3.63) is 122 Å². The summed E-state index contributed by atoms with van der Waals surface area (Å²) >= 11 is 0. The normalized spacial score (nSPS) is 11.1. The summed E-state index contributed by atoms with van der Waals surface area (Å²) in [5, 5.41) is 0. The summed E-state index contributed by atoms with van der Waals surface area (Å²) < 4.78 is 35.8. The Morgan fingerprint density at radius 3 is 0.694 bits per heavy atom. The van der Waals surface area contributed by atoms with E-state index in [1.54, 1.807) is 24.8 Å². The monoisotopic (exact) mass is 979 g/mol. The fraction of sp³-hybridized carbons (Fsp3) is 0.484. The maximum Gasteiger partial charge on any atom is 0.159 e. The molecule has 0 bridgehead atoms. The fourth-order valence-electron chi connectivity index (χ4n) is 8.34. The van der Waals surface area contributed by atoms with Gasteiger partial charge in [0.05, 0.1) is 64.4 Å². The van der Waals surface area contributed by atoms with E-state index in [2.05, 4.69) is 82.3 Å². The molecule has 4 aromatic carbocycles. The lowest BCUT2D eigenvalue weighted by molar-refractivity contribution is 0.293. The Hall–Kier alpha value is -6.16. The highest BCUT2D eigenvalue weighted by Crippen LogP contribution is 2.26. The van der Waals surface area contributed by atoms with Crippen molar-refractivity contribution in [2.24, 2.45) is 0 Å². The Labute approximate surface area is 431 Å². The molecule has 0 saturated carbocycles. The Kier molecular flexibility index (Phi) is 26.2. The molecule has 0 spiro atoms. The van der Waals surface area contributed by atoms with Gasteiger partial charge in [-0.05, 0) is 122 Å². The van der Waals surface area contributed by atoms with Crippen LogP contribution in [0.15, 0.2) is 122 Å². The first kappa shape index (κ1) is 55.2. The number of aromatic nitrogens is 4. The summed E-state index contributed by atoms with van der Waals surface area (Å²) in [7, 11) is 0. The minimum absolute atomic E-state index is 0.689. The first-order valence-corrected chi connectivity index (χ1v) is 27.5. The van der Waals surface area contributed by atoms with Gasteiger partial charge in [-0.3, -0.25) is 0 Å². The number of ether oxygens (including phenoxy) is 6. The van der Waals surface area contributed by atoms with Gasteiger partial charge in [-0.15, -0.1) is 0 Å². The number of rotatable bonds is 39. The topological polar surface area (TPSA) is 107 Å². The highest BCUT2D eigenvalue weighted by atomic mass is 16.5. The Morgan fingerprint density at radius 2 is 0.444 bits per heavy atom. The van der Waals surface area contributed by atoms with Crippen LogP contribution < -0.4 is 28.4 Å². The fourth-order valence-corrected chi connectivity index (χ4v) is 8.34. The molecule has 10 heteroatoms. The van der Waals surface area contributed by atoms with Crippen LogP contribution in [0.3, 0.4) is 0 Å². The number of unbranched alkanes of at least 4 members (excludes halogenated alkanes) is 18. The summed E-state index contributed by atoms with van der Waals surface area (Å²) in [6, 6.07) is 32.8. The molecule has 0 unspecified atom stereocenters. The number of hydrogen-bond acceptors (Lipinski definition) is 10. The van der Waals surface area contributed by atoms with Crippen molar-refractivity contribution in [2.45, 2.75) is 155 Å². The number of benzene rings is 4. The second-order valence-electron chi connectivity index (χ2n) is 18.7. The maximum atomic E-state index is 6.06. The molecule has 2 heterocycles. The zero-order valence-electron chi connectivity index (χ0n) is 43.6. The van der Waals surface area contributed by atoms with Crippen LogP contribution in [0.2, 0.25) is 0 Å². The molecule has 6 rings (SSSR count). The average molecular weight is 979 g/mol. The van der Waals surface area contributed by atoms with Crippen molar-refractivity contribution in [3.8, 4) is 68.4 Å². The second-order valence-corrected chi connectivity index (χ2v) is 18.7. The van der Waals surface area contributed by atoms with Crippen molar-refractivity contribution >= 4 is 0 Å². The third-order valence-corrected chi connectivity index (χ3v) is 12.7. The highest BCUT2D eigenvalue weighted by molar-refractivity contribution is 5.65. The number of nitrogens with zero attached hydrogens (tertiary/aromatic N) is 4. The molecule has 0 atom stereocenters. The lowest BCUT2D eigenvalue weighted by Gasteiger charge is -2.10. The van der Waals surface area contributed by atoms with Crippen LogP contribution in [0.25, 0.3) is 33.9 Å². The van der Waals surface area contributed by atoms with Crippen LogP contribution in [-0.2, 0) is 0 Å². The molecule has 10 nitrogen and oxygen atoms in total. The van der Waals surface area contributed by atoms with Gasteiger partial charge < -0.3 is 28.4 Å². The third kappa shape index (κ3) is 21.7. The summed E-state index contributed by atoms with van der Waals surface area (Å²) in [6.45, 7) is 8.77. The highest BCUT2D eigenvalue weighted by Gasteiger charge is 2.07. The standard InChI is InChI=1S/C62H82N4O6/c1-3-5-7-9-13-23-45-71-59-47-63-61(64-48-59)53-29-37-57(38-30-53)69-43-21-17-11-15-19-41-67-55-33-25-51(26-34-55)52-27-35-56(36-28-52)68-42-20-16-12-18-22-44-70-58-39-31-54(32-40-58)62-65-49-60(50-66-62)72-46-24-14-10-8-6-4-2/h25-40,47-50H,3-24,41-46H2,1-2H3. The van der Waals surface area contributed by atoms with Gasteiger partial charge in [0.25, 0.3) is 0 Å². The minimum Gasteiger partial charge on any atom is -0.494 e. The van der Waals surface area contributed by atoms with Gasteiger partial charge in [0.1, 0.15) is 23.0 Å². The maximum absolute atomic E-state index is 6.06. The zero-order valence-corrected chi connectivity index (χ0v) is 43.6. The molecule has 2 aromatic heterocycles. The predicted octanol–water partition coefficient (Wildman–Crippen LogP) is 16.6. The van der Waals surface area contributed by atoms with Crippen molar-refractivity contribution in [1.29, 1.82) is 0 Å². The Morgan fingerprint density at radius 1 is 0.236 bits per heavy atom. The van der Waals surface area contributed by atoms with E-state index in [1.807, 2.05) is 48.5 Å². The van der Waals surface area contributed by atoms with Crippen molar-refractivity contribution < 1.29 is 28.4 Å². The molecular formula is C62H82N4O6. The van der Waals surface area contributed by atoms with Crippen LogP contribution in [0.5, 0.6) is 34.5 Å². The van der Waals surface area contributed by atoms with Crippen LogP contribution in [0.4, 0.5) is 0 Å². The van der Waals surface area contributed by atoms with E-state index in [0.29, 0.717) is 38.1 Å². The smallest absolute Gasteiger partial charge is 0.159 e. The van der Waals surface area contributed by atoms with Crippen LogP contribution in [-0.4, -0.2) is 59.6 Å². The molecule has 0 fully saturated rings. The van der Waals surface area contributed by atoms with E-state index in [0.717, 1.165) is 147 Å². The van der Waals surface area contributed by atoms with Gasteiger partial charge in [-0.25, -0.2) is 19.9 Å². The molecule has 386 valence electrons. The number of hydrogen-bond donors (Lipinski definition) is 0. The molecule has 0 aliphatic heterocycles. The van der Waals surface area contributed by atoms with E-state index in [9.17, 15) is 0 Å². The van der Waals surface area contributed by atoms with Gasteiger partial charge in [0.15, 0.2) is 23.1 Å². The van der Waals surface area contributed by atoms with E-state index < -0.39 is 0 Å². The summed E-state index contributed by atoms with van der Waals surface area (Å²) in [5.41, 5.74) is 4.25. The van der Waals surface area contributed by atoms with Crippen molar-refractivity contribution in [2.75, 3.05) is 39.6 Å². The lowest BCUT2D eigenvalue weighted by Crippen LogP contribution is -2.00. The molecule has 0 aliphatic rings. The molecule has 0 aliphatic carbocycles. The quantitative estimate of drug-likeness (QED) is 0.0347. The molecule has 0 N–H and O–H groups in total. The second kappa shape index (κ2) is 34.2. The van der Waals surface area contributed by atoms with Gasteiger partial charge >= 0.3 is 0 Å². The Balaban J connectivity index is 0.727. The van der Waals surface area contributed by atoms with Crippen LogP contribution in [0, 0.1) is 0 Å². The van der Waals surface area contributed by atoms with Gasteiger partial charge in [-0.1, -0.05) is 141 Å². The van der Waals surface area contributed by atoms with Crippen molar-refractivity contribution in [3.63, 3.8) is 0 Å². The molecule has 0 saturated heterocycles. The van der Waals surface area contributed by atoms with Gasteiger partial charge in [0, 0.05) is 11.1 Å². The molecule has 0 amide bonds. The molecule has 72 heavy (non-hydrogen) atoms. The summed E-state index contributed by atoms with van der Waals surface area (Å²) in [5.74, 6) is 6.38. The predicted molar refractivity (Wildman–Crippen MR) is 293 cm³/mol. The van der Waals surface area contributed by atoms with Crippen LogP contribution in [0.1, 0.15) is 155 Å². The van der Waals surface area contributed by atoms with Crippen molar-refractivity contribution in [1.82, 2.24) is 19.9 Å². The average Bonchev–Trinajstić information content (AvgIpc) is 3.42. The summed E-state index contributed by atoms with van der Waals surface area (Å²) in [6.07, 6.45) is 33.0. The minimum atomic E-state index is 0.689. The van der Waals surface area contributed by atoms with Gasteiger partial charge in [-0.2, -0.15) is 0 Å². The lowest BCUT2D eigenvalue weighted by atomic mass is 10.1. The van der Waals surface area contributed by atoms with Crippen LogP contribution >= 0.6 is 0 Å².